The lowest BCUT2D eigenvalue weighted by atomic mass is 10.1. The number of rotatable bonds is 2. The third kappa shape index (κ3) is 2.34. The molecule has 0 aliphatic rings. The Bertz CT molecular complexity index is 473. The van der Waals surface area contributed by atoms with Crippen molar-refractivity contribution in [3.05, 3.63) is 42.5 Å². The maximum absolute atomic E-state index is 8.86. The van der Waals surface area contributed by atoms with Gasteiger partial charge in [-0.15, -0.1) is 0 Å². The van der Waals surface area contributed by atoms with Gasteiger partial charge < -0.3 is 18.8 Å². The summed E-state index contributed by atoms with van der Waals surface area (Å²) in [5.74, 6) is 0.271. The summed E-state index contributed by atoms with van der Waals surface area (Å²) in [7, 11) is -4.52. The van der Waals surface area contributed by atoms with Crippen LogP contribution >= 0.6 is 0 Å². The average molecular weight is 222 g/mol. The van der Waals surface area contributed by atoms with Crippen molar-refractivity contribution in [2.75, 3.05) is 0 Å². The van der Waals surface area contributed by atoms with Gasteiger partial charge in [0.2, 0.25) is 0 Å². The summed E-state index contributed by atoms with van der Waals surface area (Å²) in [6.45, 7) is 0. The molecule has 0 aromatic heterocycles. The summed E-state index contributed by atoms with van der Waals surface area (Å²) >= 11 is 0. The van der Waals surface area contributed by atoms with Crippen molar-refractivity contribution in [3.63, 3.8) is 0 Å². The van der Waals surface area contributed by atoms with Crippen LogP contribution in [0.1, 0.15) is 0 Å². The van der Waals surface area contributed by atoms with Crippen LogP contribution in [-0.4, -0.2) is 23.4 Å². The molecule has 0 unspecified atom stereocenters. The Balaban J connectivity index is 2.52. The van der Waals surface area contributed by atoms with E-state index in [1.54, 1.807) is 18.2 Å². The van der Waals surface area contributed by atoms with Crippen LogP contribution in [0.5, 0.6) is 5.75 Å². The van der Waals surface area contributed by atoms with Gasteiger partial charge in [-0.3, -0.25) is 0 Å². The molecule has 0 aliphatic heterocycles. The van der Waals surface area contributed by atoms with Crippen molar-refractivity contribution in [2.45, 2.75) is 0 Å². The number of hydrogen-bond donors (Lipinski definition) is 3. The zero-order valence-electron chi connectivity index (χ0n) is 7.79. The van der Waals surface area contributed by atoms with E-state index in [4.69, 9.17) is 18.8 Å². The monoisotopic (exact) mass is 222 g/mol. The van der Waals surface area contributed by atoms with E-state index in [1.807, 2.05) is 24.3 Å². The van der Waals surface area contributed by atoms with E-state index in [0.29, 0.717) is 0 Å². The highest BCUT2D eigenvalue weighted by molar-refractivity contribution is 6.49. The van der Waals surface area contributed by atoms with Gasteiger partial charge in [-0.05, 0) is 11.5 Å². The van der Waals surface area contributed by atoms with E-state index in [0.717, 1.165) is 10.8 Å². The highest BCUT2D eigenvalue weighted by atomic mass is 28.4. The highest BCUT2D eigenvalue weighted by Gasteiger charge is 2.33. The predicted molar refractivity (Wildman–Crippen MR) is 57.0 cm³/mol. The summed E-state index contributed by atoms with van der Waals surface area (Å²) < 4.78 is 4.72. The van der Waals surface area contributed by atoms with Gasteiger partial charge in [-0.1, -0.05) is 36.4 Å². The lowest BCUT2D eigenvalue weighted by molar-refractivity contribution is 0.129. The molecule has 2 aromatic rings. The van der Waals surface area contributed by atoms with Crippen LogP contribution in [-0.2, 0) is 0 Å². The standard InChI is InChI=1S/C10H10O4Si/c11-15(12,13)14-10-7-3-5-8-4-1-2-6-9(8)10/h1-7,11-13H. The van der Waals surface area contributed by atoms with Gasteiger partial charge in [0.05, 0.1) is 0 Å². The summed E-state index contributed by atoms with van der Waals surface area (Å²) in [4.78, 5) is 26.6. The van der Waals surface area contributed by atoms with Gasteiger partial charge in [-0.2, -0.15) is 0 Å². The summed E-state index contributed by atoms with van der Waals surface area (Å²) in [6.07, 6.45) is 0. The van der Waals surface area contributed by atoms with Crippen LogP contribution < -0.4 is 4.43 Å². The quantitative estimate of drug-likeness (QED) is 0.652. The Morgan fingerprint density at radius 3 is 2.27 bits per heavy atom. The van der Waals surface area contributed by atoms with Gasteiger partial charge in [0.25, 0.3) is 0 Å². The maximum Gasteiger partial charge on any atom is 0.741 e. The van der Waals surface area contributed by atoms with E-state index < -0.39 is 9.05 Å². The summed E-state index contributed by atoms with van der Waals surface area (Å²) in [5, 5.41) is 1.64. The molecular weight excluding hydrogens is 212 g/mol. The second-order valence-corrected chi connectivity index (χ2v) is 4.51. The number of benzene rings is 2. The molecule has 0 spiro atoms. The third-order valence-electron chi connectivity index (χ3n) is 2.00. The highest BCUT2D eigenvalue weighted by Crippen LogP contribution is 2.25. The molecule has 0 saturated heterocycles. The second-order valence-electron chi connectivity index (χ2n) is 3.15. The zero-order valence-corrected chi connectivity index (χ0v) is 8.79. The van der Waals surface area contributed by atoms with Crippen molar-refractivity contribution in [1.82, 2.24) is 0 Å². The number of fused-ring (bicyclic) bond motifs is 1. The molecule has 0 radical (unpaired) electrons. The smallest absolute Gasteiger partial charge is 0.480 e. The number of hydrogen-bond acceptors (Lipinski definition) is 4. The first kappa shape index (κ1) is 10.1. The van der Waals surface area contributed by atoms with Crippen LogP contribution in [0.2, 0.25) is 0 Å². The zero-order chi connectivity index (χ0) is 10.9. The average Bonchev–Trinajstić information content (AvgIpc) is 2.16. The molecule has 3 N–H and O–H groups in total. The second kappa shape index (κ2) is 3.63. The molecule has 15 heavy (non-hydrogen) atoms. The van der Waals surface area contributed by atoms with Crippen molar-refractivity contribution >= 4 is 19.8 Å². The lowest BCUT2D eigenvalue weighted by Gasteiger charge is -2.13. The minimum absolute atomic E-state index is 0.271. The normalized spacial score (nSPS) is 11.7. The molecule has 0 bridgehead atoms. The summed E-state index contributed by atoms with van der Waals surface area (Å²) in [6, 6.07) is 12.5. The first-order chi connectivity index (χ1) is 7.06. The topological polar surface area (TPSA) is 69.9 Å². The van der Waals surface area contributed by atoms with Gasteiger partial charge in [-0.25, -0.2) is 0 Å². The van der Waals surface area contributed by atoms with Crippen LogP contribution in [0.15, 0.2) is 42.5 Å². The van der Waals surface area contributed by atoms with Crippen LogP contribution in [0.3, 0.4) is 0 Å². The maximum atomic E-state index is 8.86. The van der Waals surface area contributed by atoms with Gasteiger partial charge in [0.15, 0.2) is 0 Å². The fraction of sp³-hybridized carbons (Fsp3) is 0. The molecule has 0 aliphatic carbocycles. The Kier molecular flexibility index (Phi) is 2.45. The SMILES string of the molecule is O[Si](O)(O)Oc1cccc2ccccc12. The first-order valence-corrected chi connectivity index (χ1v) is 6.15. The van der Waals surface area contributed by atoms with Crippen molar-refractivity contribution in [3.8, 4) is 5.75 Å². The minimum atomic E-state index is -4.52. The Hall–Kier alpha value is -1.40. The lowest BCUT2D eigenvalue weighted by Crippen LogP contribution is -2.42. The van der Waals surface area contributed by atoms with E-state index in [9.17, 15) is 0 Å². The van der Waals surface area contributed by atoms with Crippen molar-refractivity contribution in [1.29, 1.82) is 0 Å². The summed E-state index contributed by atoms with van der Waals surface area (Å²) in [5.41, 5.74) is 0. The Morgan fingerprint density at radius 2 is 1.53 bits per heavy atom. The van der Waals surface area contributed by atoms with E-state index >= 15 is 0 Å². The van der Waals surface area contributed by atoms with Crippen molar-refractivity contribution < 1.29 is 18.8 Å². The van der Waals surface area contributed by atoms with Crippen LogP contribution in [0.4, 0.5) is 0 Å². The molecule has 0 amide bonds. The molecule has 0 fully saturated rings. The largest absolute Gasteiger partial charge is 0.741 e. The molecule has 4 nitrogen and oxygen atoms in total. The van der Waals surface area contributed by atoms with Crippen LogP contribution in [0.25, 0.3) is 10.8 Å². The van der Waals surface area contributed by atoms with Gasteiger partial charge >= 0.3 is 9.05 Å². The molecule has 5 heteroatoms. The van der Waals surface area contributed by atoms with E-state index in [1.165, 1.54) is 0 Å². The molecule has 0 atom stereocenters. The van der Waals surface area contributed by atoms with E-state index in [2.05, 4.69) is 0 Å². The molecule has 0 heterocycles. The van der Waals surface area contributed by atoms with Gasteiger partial charge in [0.1, 0.15) is 5.75 Å². The Labute approximate surface area is 87.5 Å². The molecule has 2 aromatic carbocycles. The van der Waals surface area contributed by atoms with Gasteiger partial charge in [0, 0.05) is 5.39 Å². The fourth-order valence-corrected chi connectivity index (χ4v) is 1.91. The van der Waals surface area contributed by atoms with Crippen molar-refractivity contribution in [2.24, 2.45) is 0 Å². The molecule has 0 saturated carbocycles. The molecule has 78 valence electrons. The third-order valence-corrected chi connectivity index (χ3v) is 2.49. The first-order valence-electron chi connectivity index (χ1n) is 4.40. The molecular formula is C10H10O4Si. The van der Waals surface area contributed by atoms with Crippen LogP contribution in [0, 0.1) is 0 Å². The fourth-order valence-electron chi connectivity index (χ4n) is 1.43. The predicted octanol–water partition coefficient (Wildman–Crippen LogP) is 0.631. The molecule has 2 rings (SSSR count). The van der Waals surface area contributed by atoms with E-state index in [-0.39, 0.29) is 5.75 Å². The minimum Gasteiger partial charge on any atom is -0.480 e. The Morgan fingerprint density at radius 1 is 0.867 bits per heavy atom.